The van der Waals surface area contributed by atoms with E-state index in [4.69, 9.17) is 10.5 Å². The van der Waals surface area contributed by atoms with Crippen molar-refractivity contribution in [1.29, 1.82) is 0 Å². The van der Waals surface area contributed by atoms with Crippen LogP contribution < -0.4 is 16.0 Å². The maximum atomic E-state index is 13.6. The Hall–Kier alpha value is -3.28. The van der Waals surface area contributed by atoms with E-state index in [-0.39, 0.29) is 59.0 Å². The molecule has 2 aromatic rings. The minimum atomic E-state index is -2.81. The average molecular weight is 420 g/mol. The summed E-state index contributed by atoms with van der Waals surface area (Å²) in [6.07, 6.45) is -1.61. The first-order valence-electron chi connectivity index (χ1n) is 9.20. The lowest BCUT2D eigenvalue weighted by Gasteiger charge is -2.38. The summed E-state index contributed by atoms with van der Waals surface area (Å²) in [5.74, 6) is 0.270. The molecular weight excluding hydrogens is 398 g/mol. The minimum Gasteiger partial charge on any atom is -0.384 e. The van der Waals surface area contributed by atoms with E-state index in [1.54, 1.807) is 0 Å². The van der Waals surface area contributed by atoms with Crippen LogP contribution in [0.15, 0.2) is 29.7 Å². The second-order valence-electron chi connectivity index (χ2n) is 6.94. The maximum Gasteiger partial charge on any atom is 0.264 e. The highest BCUT2D eigenvalue weighted by Gasteiger charge is 2.29. The highest BCUT2D eigenvalue weighted by Crippen LogP contribution is 2.32. The molecule has 0 unspecified atom stereocenters. The lowest BCUT2D eigenvalue weighted by Crippen LogP contribution is -2.50. The third kappa shape index (κ3) is 4.64. The van der Waals surface area contributed by atoms with Crippen molar-refractivity contribution in [3.8, 4) is 11.4 Å². The van der Waals surface area contributed by atoms with Crippen LogP contribution >= 0.6 is 0 Å². The fraction of sp³-hybridized carbons (Fsp3) is 0.444. The Morgan fingerprint density at radius 1 is 1.37 bits per heavy atom. The summed E-state index contributed by atoms with van der Waals surface area (Å²) in [6.45, 7) is 8.28. The number of morpholine rings is 1. The number of halogens is 2. The predicted molar refractivity (Wildman–Crippen MR) is 108 cm³/mol. The SMILES string of the molecule is C=C(CN=O)Nc1nc(-c2cnc(N)cc2C(F)F)nc(N2[C@H](C)COC[C@@H]2C)n1. The molecule has 1 aliphatic heterocycles. The molecular formula is C18H22F2N8O2. The molecule has 160 valence electrons. The van der Waals surface area contributed by atoms with Gasteiger partial charge in [-0.15, -0.1) is 0 Å². The fourth-order valence-electron chi connectivity index (χ4n) is 3.19. The summed E-state index contributed by atoms with van der Waals surface area (Å²) in [4.78, 5) is 29.4. The van der Waals surface area contributed by atoms with Gasteiger partial charge in [0.15, 0.2) is 5.82 Å². The normalized spacial score (nSPS) is 19.0. The maximum absolute atomic E-state index is 13.6. The number of alkyl halides is 2. The second kappa shape index (κ2) is 9.03. The lowest BCUT2D eigenvalue weighted by atomic mass is 10.1. The molecule has 0 radical (unpaired) electrons. The van der Waals surface area contributed by atoms with Crippen LogP contribution in [0, 0.1) is 4.91 Å². The first-order chi connectivity index (χ1) is 14.3. The monoisotopic (exact) mass is 420 g/mol. The number of ether oxygens (including phenoxy) is 1. The number of anilines is 3. The first-order valence-corrected chi connectivity index (χ1v) is 9.20. The minimum absolute atomic E-state index is 0.0111. The Bertz CT molecular complexity index is 932. The highest BCUT2D eigenvalue weighted by molar-refractivity contribution is 5.64. The van der Waals surface area contributed by atoms with Crippen molar-refractivity contribution >= 4 is 17.7 Å². The van der Waals surface area contributed by atoms with Gasteiger partial charge in [-0.1, -0.05) is 11.8 Å². The summed E-state index contributed by atoms with van der Waals surface area (Å²) in [5, 5.41) is 5.54. The van der Waals surface area contributed by atoms with Crippen LogP contribution in [0.1, 0.15) is 25.8 Å². The van der Waals surface area contributed by atoms with Gasteiger partial charge < -0.3 is 20.7 Å². The van der Waals surface area contributed by atoms with Crippen LogP contribution in [-0.2, 0) is 4.74 Å². The van der Waals surface area contributed by atoms with Crippen molar-refractivity contribution in [1.82, 2.24) is 19.9 Å². The van der Waals surface area contributed by atoms with E-state index in [1.165, 1.54) is 6.20 Å². The Kier molecular flexibility index (Phi) is 6.45. The number of aromatic nitrogens is 4. The predicted octanol–water partition coefficient (Wildman–Crippen LogP) is 2.76. The van der Waals surface area contributed by atoms with Crippen molar-refractivity contribution in [3.63, 3.8) is 0 Å². The van der Waals surface area contributed by atoms with Gasteiger partial charge in [-0.3, -0.25) is 0 Å². The molecule has 3 N–H and O–H groups in total. The van der Waals surface area contributed by atoms with Crippen molar-refractivity contribution in [2.75, 3.05) is 35.7 Å². The van der Waals surface area contributed by atoms with Crippen LogP contribution in [-0.4, -0.2) is 51.8 Å². The van der Waals surface area contributed by atoms with Gasteiger partial charge >= 0.3 is 0 Å². The molecule has 12 heteroatoms. The van der Waals surface area contributed by atoms with Crippen LogP contribution in [0.25, 0.3) is 11.4 Å². The van der Waals surface area contributed by atoms with Gasteiger partial charge in [0.2, 0.25) is 11.9 Å². The molecule has 30 heavy (non-hydrogen) atoms. The number of hydrogen-bond acceptors (Lipinski definition) is 10. The van der Waals surface area contributed by atoms with Crippen LogP contribution in [0.5, 0.6) is 0 Å². The molecule has 1 saturated heterocycles. The largest absolute Gasteiger partial charge is 0.384 e. The summed E-state index contributed by atoms with van der Waals surface area (Å²) >= 11 is 0. The zero-order chi connectivity index (χ0) is 21.8. The molecule has 0 saturated carbocycles. The van der Waals surface area contributed by atoms with E-state index in [1.807, 2.05) is 18.7 Å². The number of nitrogens with two attached hydrogens (primary N) is 1. The Balaban J connectivity index is 2.13. The molecule has 1 aliphatic rings. The van der Waals surface area contributed by atoms with Gasteiger partial charge in [-0.2, -0.15) is 19.9 Å². The third-order valence-corrected chi connectivity index (χ3v) is 4.50. The number of hydrogen-bond donors (Lipinski definition) is 2. The molecule has 0 spiro atoms. The van der Waals surface area contributed by atoms with E-state index >= 15 is 0 Å². The van der Waals surface area contributed by atoms with E-state index in [0.29, 0.717) is 13.2 Å². The van der Waals surface area contributed by atoms with Gasteiger partial charge in [0.25, 0.3) is 6.43 Å². The zero-order valence-electron chi connectivity index (χ0n) is 16.5. The second-order valence-corrected chi connectivity index (χ2v) is 6.94. The zero-order valence-corrected chi connectivity index (χ0v) is 16.5. The van der Waals surface area contributed by atoms with Crippen LogP contribution in [0.4, 0.5) is 26.5 Å². The lowest BCUT2D eigenvalue weighted by molar-refractivity contribution is 0.0747. The van der Waals surface area contributed by atoms with Crippen LogP contribution in [0.3, 0.4) is 0 Å². The van der Waals surface area contributed by atoms with Crippen molar-refractivity contribution in [2.24, 2.45) is 5.18 Å². The summed E-state index contributed by atoms with van der Waals surface area (Å²) < 4.78 is 32.8. The number of nitrogen functional groups attached to an aromatic ring is 1. The number of nitrogens with one attached hydrogen (secondary N) is 1. The van der Waals surface area contributed by atoms with Crippen molar-refractivity contribution in [3.05, 3.63) is 35.0 Å². The quantitative estimate of drug-likeness (QED) is 0.649. The summed E-state index contributed by atoms with van der Waals surface area (Å²) in [7, 11) is 0. The highest BCUT2D eigenvalue weighted by atomic mass is 19.3. The van der Waals surface area contributed by atoms with Gasteiger partial charge in [0.1, 0.15) is 12.4 Å². The average Bonchev–Trinajstić information content (AvgIpc) is 2.67. The number of nitrogens with zero attached hydrogens (tertiary/aromatic N) is 6. The molecule has 2 aromatic heterocycles. The van der Waals surface area contributed by atoms with E-state index in [9.17, 15) is 13.7 Å². The number of nitroso groups, excluding NO2 is 1. The standard InChI is InChI=1S/C18H22F2N8O2/c1-9(5-23-29)24-17-25-16(13-6-22-14(21)4-12(13)15(19)20)26-18(27-17)28-10(2)7-30-8-11(28)3/h4,6,10-11,15H,1,5,7-8H2,2-3H3,(H2,21,22)(H,24,25,26,27)/t10-,11+. The van der Waals surface area contributed by atoms with E-state index in [0.717, 1.165) is 6.07 Å². The van der Waals surface area contributed by atoms with Crippen LogP contribution in [0.2, 0.25) is 0 Å². The Morgan fingerprint density at radius 3 is 2.70 bits per heavy atom. The Morgan fingerprint density at radius 2 is 2.07 bits per heavy atom. The molecule has 1 fully saturated rings. The molecule has 3 heterocycles. The van der Waals surface area contributed by atoms with E-state index < -0.39 is 6.43 Å². The van der Waals surface area contributed by atoms with Gasteiger partial charge in [0, 0.05) is 23.0 Å². The summed E-state index contributed by atoms with van der Waals surface area (Å²) in [6, 6.07) is 0.970. The molecule has 3 rings (SSSR count). The first kappa shape index (κ1) is 21.4. The molecule has 0 bridgehead atoms. The molecule has 0 amide bonds. The van der Waals surface area contributed by atoms with Gasteiger partial charge in [0.05, 0.1) is 25.3 Å². The third-order valence-electron chi connectivity index (χ3n) is 4.50. The Labute approximate surface area is 171 Å². The molecule has 0 aromatic carbocycles. The van der Waals surface area contributed by atoms with Gasteiger partial charge in [-0.25, -0.2) is 13.8 Å². The number of rotatable bonds is 7. The molecule has 2 atom stereocenters. The van der Waals surface area contributed by atoms with Gasteiger partial charge in [-0.05, 0) is 19.9 Å². The number of pyridine rings is 1. The topological polar surface area (TPSA) is 132 Å². The molecule has 10 nitrogen and oxygen atoms in total. The molecule has 0 aliphatic carbocycles. The van der Waals surface area contributed by atoms with Crippen molar-refractivity contribution in [2.45, 2.75) is 32.4 Å². The fourth-order valence-corrected chi connectivity index (χ4v) is 3.19. The summed E-state index contributed by atoms with van der Waals surface area (Å²) in [5.41, 5.74) is 5.50. The smallest absolute Gasteiger partial charge is 0.264 e. The van der Waals surface area contributed by atoms with Crippen molar-refractivity contribution < 1.29 is 13.5 Å². The van der Waals surface area contributed by atoms with E-state index in [2.05, 4.69) is 37.0 Å².